The van der Waals surface area contributed by atoms with E-state index >= 15 is 0 Å². The van der Waals surface area contributed by atoms with Gasteiger partial charge in [-0.05, 0) is 22.8 Å². The summed E-state index contributed by atoms with van der Waals surface area (Å²) in [7, 11) is 3.34. The topological polar surface area (TPSA) is 0 Å². The average Bonchev–Trinajstić information content (AvgIpc) is 2.27. The minimum Gasteiger partial charge on any atom is -0.0855 e. The highest BCUT2D eigenvalue weighted by Crippen LogP contribution is 2.16. The van der Waals surface area contributed by atoms with Crippen LogP contribution in [0.2, 0.25) is 0 Å². The van der Waals surface area contributed by atoms with Gasteiger partial charge in [0.25, 0.3) is 0 Å². The predicted octanol–water partition coefficient (Wildman–Crippen LogP) is 1.01. The molecule has 0 nitrogen and oxygen atoms in total. The molecule has 0 atom stereocenters. The summed E-state index contributed by atoms with van der Waals surface area (Å²) in [6.45, 7) is 2.22. The van der Waals surface area contributed by atoms with Crippen molar-refractivity contribution in [3.63, 3.8) is 0 Å². The molecule has 0 unspecified atom stereocenters. The quantitative estimate of drug-likeness (QED) is 0.605. The summed E-state index contributed by atoms with van der Waals surface area (Å²) in [5, 5.41) is 2.85. The molecule has 0 aliphatic carbocycles. The van der Waals surface area contributed by atoms with Gasteiger partial charge in [0.15, 0.2) is 0 Å². The van der Waals surface area contributed by atoms with Gasteiger partial charge >= 0.3 is 0 Å². The lowest BCUT2D eigenvalue weighted by atomic mass is 9.50. The Bertz CT molecular complexity index is 410. The molecule has 0 spiro atoms. The Morgan fingerprint density at radius 3 is 2.50 bits per heavy atom. The molecule has 0 aromatic heterocycles. The lowest BCUT2D eigenvalue weighted by molar-refractivity contribution is 1.16. The normalized spacial score (nSPS) is 10.4. The molecule has 14 heavy (non-hydrogen) atoms. The Labute approximate surface area is 87.0 Å². The van der Waals surface area contributed by atoms with Gasteiger partial charge in [-0.25, -0.2) is 0 Å². The molecule has 2 rings (SSSR count). The summed E-state index contributed by atoms with van der Waals surface area (Å²) in [6, 6.07) is 13.2. The maximum absolute atomic E-state index is 2.24. The lowest BCUT2D eigenvalue weighted by Gasteiger charge is -2.08. The molecule has 2 heteroatoms. The summed E-state index contributed by atoms with van der Waals surface area (Å²) in [5.41, 5.74) is 2.94. The molecule has 2 aromatic carbocycles. The zero-order chi connectivity index (χ0) is 9.97. The van der Waals surface area contributed by atoms with Gasteiger partial charge in [-0.1, -0.05) is 48.8 Å². The Hall–Kier alpha value is -1.17. The van der Waals surface area contributed by atoms with E-state index in [1.807, 2.05) is 0 Å². The van der Waals surface area contributed by atoms with Gasteiger partial charge in [-0.3, -0.25) is 0 Å². The second kappa shape index (κ2) is 3.91. The van der Waals surface area contributed by atoms with E-state index < -0.39 is 0 Å². The Balaban J connectivity index is 2.81. The van der Waals surface area contributed by atoms with E-state index in [0.29, 0.717) is 0 Å². The Morgan fingerprint density at radius 1 is 1.14 bits per heavy atom. The van der Waals surface area contributed by atoms with Crippen LogP contribution in [0, 0.1) is 0 Å². The molecular weight excluding hydrogens is 166 g/mol. The minimum atomic E-state index is 1.12. The molecule has 0 aliphatic heterocycles. The SMILES string of the molecule is BBc1cccc2cccc(CC)c12. The monoisotopic (exact) mass is 180 g/mol. The molecule has 68 valence electrons. The third kappa shape index (κ3) is 1.45. The largest absolute Gasteiger partial charge is 0.119 e. The summed E-state index contributed by atoms with van der Waals surface area (Å²) < 4.78 is 0. The molecule has 0 fully saturated rings. The molecule has 0 bridgehead atoms. The number of aryl methyl sites for hydroxylation is 1. The molecule has 0 saturated heterocycles. The molecule has 0 N–H and O–H groups in total. The predicted molar refractivity (Wildman–Crippen MR) is 68.7 cm³/mol. The molecule has 0 amide bonds. The number of rotatable bonds is 2. The molecule has 0 saturated carbocycles. The number of hydrogen-bond donors (Lipinski definition) is 0. The number of benzene rings is 2. The van der Waals surface area contributed by atoms with Crippen LogP contribution in [0.25, 0.3) is 10.8 Å². The summed E-state index contributed by atoms with van der Waals surface area (Å²) in [5.74, 6) is 0. The second-order valence-electron chi connectivity index (χ2n) is 3.64. The van der Waals surface area contributed by atoms with Crippen LogP contribution in [0.3, 0.4) is 0 Å². The first kappa shape index (κ1) is 9.39. The zero-order valence-electron chi connectivity index (χ0n) is 8.88. The zero-order valence-corrected chi connectivity index (χ0v) is 8.88. The van der Waals surface area contributed by atoms with E-state index in [-0.39, 0.29) is 0 Å². The minimum absolute atomic E-state index is 1.12. The highest BCUT2D eigenvalue weighted by Gasteiger charge is 2.02. The van der Waals surface area contributed by atoms with Crippen molar-refractivity contribution in [3.8, 4) is 0 Å². The van der Waals surface area contributed by atoms with Crippen LogP contribution < -0.4 is 5.46 Å². The average molecular weight is 180 g/mol. The van der Waals surface area contributed by atoms with E-state index in [1.165, 1.54) is 21.8 Å². The fraction of sp³-hybridized carbons (Fsp3) is 0.167. The van der Waals surface area contributed by atoms with Crippen molar-refractivity contribution < 1.29 is 0 Å². The van der Waals surface area contributed by atoms with E-state index in [0.717, 1.165) is 13.6 Å². The summed E-state index contributed by atoms with van der Waals surface area (Å²) in [4.78, 5) is 0. The first-order valence-corrected chi connectivity index (χ1v) is 5.36. The lowest BCUT2D eigenvalue weighted by Crippen LogP contribution is -2.16. The van der Waals surface area contributed by atoms with Crippen LogP contribution in [-0.4, -0.2) is 14.9 Å². The van der Waals surface area contributed by atoms with E-state index in [4.69, 9.17) is 0 Å². The first-order valence-electron chi connectivity index (χ1n) is 5.36. The van der Waals surface area contributed by atoms with Crippen molar-refractivity contribution in [2.75, 3.05) is 0 Å². The van der Waals surface area contributed by atoms with Gasteiger partial charge in [-0.15, -0.1) is 0 Å². The summed E-state index contributed by atoms with van der Waals surface area (Å²) in [6.07, 6.45) is 1.12. The Morgan fingerprint density at radius 2 is 1.86 bits per heavy atom. The van der Waals surface area contributed by atoms with Gasteiger partial charge in [0, 0.05) is 0 Å². The van der Waals surface area contributed by atoms with Crippen molar-refractivity contribution in [2.24, 2.45) is 0 Å². The molecular formula is C12H14B2. The van der Waals surface area contributed by atoms with Gasteiger partial charge in [0.2, 0.25) is 0 Å². The number of hydrogen-bond acceptors (Lipinski definition) is 0. The fourth-order valence-corrected chi connectivity index (χ4v) is 2.09. The van der Waals surface area contributed by atoms with Crippen molar-refractivity contribution in [2.45, 2.75) is 13.3 Å². The van der Waals surface area contributed by atoms with Gasteiger partial charge in [0.1, 0.15) is 7.17 Å². The van der Waals surface area contributed by atoms with Crippen molar-refractivity contribution in [1.82, 2.24) is 0 Å². The van der Waals surface area contributed by atoms with E-state index in [2.05, 4.69) is 51.1 Å². The van der Waals surface area contributed by atoms with Crippen LogP contribution in [0.15, 0.2) is 36.4 Å². The van der Waals surface area contributed by atoms with Crippen LogP contribution in [0.4, 0.5) is 0 Å². The maximum atomic E-state index is 2.24. The van der Waals surface area contributed by atoms with E-state index in [1.54, 1.807) is 0 Å². The number of fused-ring (bicyclic) bond motifs is 1. The maximum Gasteiger partial charge on any atom is 0.119 e. The van der Waals surface area contributed by atoms with Gasteiger partial charge < -0.3 is 0 Å². The van der Waals surface area contributed by atoms with Crippen molar-refractivity contribution in [1.29, 1.82) is 0 Å². The Kier molecular flexibility index (Phi) is 2.62. The molecule has 0 radical (unpaired) electrons. The van der Waals surface area contributed by atoms with Crippen LogP contribution in [0.5, 0.6) is 0 Å². The molecule has 0 aliphatic rings. The van der Waals surface area contributed by atoms with Crippen LogP contribution in [0.1, 0.15) is 12.5 Å². The first-order chi connectivity index (χ1) is 6.86. The van der Waals surface area contributed by atoms with E-state index in [9.17, 15) is 0 Å². The molecule has 2 aromatic rings. The standard InChI is InChI=1S/C12H14B2/c1-2-9-5-3-6-10-7-4-8-11(14-13)12(9)10/h3-8,14H,2,13H2,1H3. The van der Waals surface area contributed by atoms with Crippen molar-refractivity contribution in [3.05, 3.63) is 42.0 Å². The van der Waals surface area contributed by atoms with Crippen LogP contribution >= 0.6 is 0 Å². The highest BCUT2D eigenvalue weighted by atomic mass is 14.0. The molecule has 0 heterocycles. The smallest absolute Gasteiger partial charge is 0.0855 e. The van der Waals surface area contributed by atoms with Crippen LogP contribution in [-0.2, 0) is 6.42 Å². The van der Waals surface area contributed by atoms with Gasteiger partial charge in [-0.2, -0.15) is 0 Å². The summed E-state index contributed by atoms with van der Waals surface area (Å²) >= 11 is 0. The third-order valence-corrected chi connectivity index (χ3v) is 2.84. The fourth-order valence-electron chi connectivity index (χ4n) is 2.09. The van der Waals surface area contributed by atoms with Gasteiger partial charge in [0.05, 0.1) is 7.74 Å². The third-order valence-electron chi connectivity index (χ3n) is 2.84. The van der Waals surface area contributed by atoms with Crippen molar-refractivity contribution >= 4 is 31.1 Å². The second-order valence-corrected chi connectivity index (χ2v) is 3.64. The highest BCUT2D eigenvalue weighted by molar-refractivity contribution is 6.98.